The Labute approximate surface area is 64.8 Å². The van der Waals surface area contributed by atoms with Crippen LogP contribution in [0.1, 0.15) is 13.8 Å². The Morgan fingerprint density at radius 2 is 2.20 bits per heavy atom. The van der Waals surface area contributed by atoms with Crippen molar-refractivity contribution in [3.63, 3.8) is 0 Å². The van der Waals surface area contributed by atoms with Crippen molar-refractivity contribution in [3.8, 4) is 0 Å². The van der Waals surface area contributed by atoms with Gasteiger partial charge in [-0.2, -0.15) is 0 Å². The van der Waals surface area contributed by atoms with E-state index in [0.29, 0.717) is 0 Å². The highest BCUT2D eigenvalue weighted by Gasteiger charge is 2.02. The molecule has 0 aromatic carbocycles. The molecule has 1 radical (unpaired) electrons. The fourth-order valence-corrected chi connectivity index (χ4v) is 1.40. The average Bonchev–Trinajstić information content (AvgIpc) is 2.43. The second-order valence-electron chi connectivity index (χ2n) is 1.86. The molecule has 0 N–H and O–H groups in total. The third-order valence-electron chi connectivity index (χ3n) is 1.36. The van der Waals surface area contributed by atoms with E-state index in [1.807, 2.05) is 0 Å². The van der Waals surface area contributed by atoms with Gasteiger partial charge in [0.2, 0.25) is 0 Å². The molecule has 10 heavy (non-hydrogen) atoms. The Balaban J connectivity index is 2.64. The maximum absolute atomic E-state index is 3.73. The first-order chi connectivity index (χ1) is 4.88. The number of hydrogen-bond donors (Lipinski definition) is 0. The van der Waals surface area contributed by atoms with E-state index in [4.69, 9.17) is 0 Å². The van der Waals surface area contributed by atoms with Crippen molar-refractivity contribution in [2.75, 3.05) is 18.0 Å². The molecule has 1 rings (SSSR count). The van der Waals surface area contributed by atoms with Gasteiger partial charge >= 0.3 is 0 Å². The summed E-state index contributed by atoms with van der Waals surface area (Å²) in [6.07, 6.45) is 2.82. The van der Waals surface area contributed by atoms with Crippen molar-refractivity contribution in [2.24, 2.45) is 0 Å². The first-order valence-electron chi connectivity index (χ1n) is 3.33. The van der Waals surface area contributed by atoms with Crippen LogP contribution in [0.3, 0.4) is 0 Å². The zero-order valence-corrected chi connectivity index (χ0v) is 6.98. The van der Waals surface area contributed by atoms with Crippen LogP contribution in [0.25, 0.3) is 0 Å². The van der Waals surface area contributed by atoms with Gasteiger partial charge in [0.05, 0.1) is 0 Å². The monoisotopic (exact) mass is 156 g/mol. The number of nitrogens with zero attached hydrogens (tertiary/aromatic N) is 3. The summed E-state index contributed by atoms with van der Waals surface area (Å²) in [6.45, 7) is 6.21. The van der Waals surface area contributed by atoms with Gasteiger partial charge in [-0.1, -0.05) is 4.49 Å². The van der Waals surface area contributed by atoms with E-state index in [2.05, 4.69) is 34.5 Å². The van der Waals surface area contributed by atoms with Crippen molar-refractivity contribution >= 4 is 16.5 Å². The molecular weight excluding hydrogens is 146 g/mol. The minimum atomic E-state index is 0.997. The average molecular weight is 156 g/mol. The molecule has 0 aliphatic heterocycles. The zero-order chi connectivity index (χ0) is 7.40. The molecule has 0 amide bonds. The Morgan fingerprint density at radius 1 is 1.50 bits per heavy atom. The highest BCUT2D eigenvalue weighted by molar-refractivity contribution is 7.09. The van der Waals surface area contributed by atoms with Crippen LogP contribution < -0.4 is 4.90 Å². The molecule has 0 unspecified atom stereocenters. The predicted molar refractivity (Wildman–Crippen MR) is 42.3 cm³/mol. The van der Waals surface area contributed by atoms with Gasteiger partial charge in [0.15, 0.2) is 6.20 Å². The number of rotatable bonds is 3. The van der Waals surface area contributed by atoms with E-state index in [0.717, 1.165) is 18.1 Å². The normalized spacial score (nSPS) is 9.80. The summed E-state index contributed by atoms with van der Waals surface area (Å²) >= 11 is 1.39. The lowest BCUT2D eigenvalue weighted by Crippen LogP contribution is -2.20. The molecule has 0 atom stereocenters. The van der Waals surface area contributed by atoms with Crippen LogP contribution in [-0.2, 0) is 0 Å². The second kappa shape index (κ2) is 3.51. The van der Waals surface area contributed by atoms with Gasteiger partial charge in [0.1, 0.15) is 5.00 Å². The maximum Gasteiger partial charge on any atom is 0.153 e. The first-order valence-corrected chi connectivity index (χ1v) is 4.10. The van der Waals surface area contributed by atoms with Crippen LogP contribution in [0.4, 0.5) is 5.00 Å². The third kappa shape index (κ3) is 1.44. The molecule has 0 saturated carbocycles. The highest BCUT2D eigenvalue weighted by atomic mass is 32.1. The molecule has 1 aromatic heterocycles. The summed E-state index contributed by atoms with van der Waals surface area (Å²) < 4.78 is 3.73. The summed E-state index contributed by atoms with van der Waals surface area (Å²) in [6, 6.07) is 0. The zero-order valence-electron chi connectivity index (χ0n) is 6.16. The van der Waals surface area contributed by atoms with E-state index in [1.165, 1.54) is 11.5 Å². The van der Waals surface area contributed by atoms with Crippen LogP contribution >= 0.6 is 11.5 Å². The summed E-state index contributed by atoms with van der Waals surface area (Å²) in [5.41, 5.74) is 0. The maximum atomic E-state index is 3.73. The van der Waals surface area contributed by atoms with Crippen molar-refractivity contribution in [1.29, 1.82) is 0 Å². The minimum absolute atomic E-state index is 0.997. The summed E-state index contributed by atoms with van der Waals surface area (Å²) in [4.78, 5) is 2.17. The molecule has 1 aromatic rings. The predicted octanol–water partition coefficient (Wildman–Crippen LogP) is 1.18. The summed E-state index contributed by atoms with van der Waals surface area (Å²) in [5.74, 6) is 0. The molecule has 0 bridgehead atoms. The Bertz CT molecular complexity index is 169. The van der Waals surface area contributed by atoms with E-state index in [9.17, 15) is 0 Å². The van der Waals surface area contributed by atoms with Gasteiger partial charge in [-0.05, 0) is 13.8 Å². The molecule has 0 saturated heterocycles. The van der Waals surface area contributed by atoms with Crippen LogP contribution in [0, 0.1) is 6.20 Å². The fourth-order valence-electron chi connectivity index (χ4n) is 0.782. The van der Waals surface area contributed by atoms with Crippen molar-refractivity contribution in [1.82, 2.24) is 9.59 Å². The first kappa shape index (κ1) is 7.47. The minimum Gasteiger partial charge on any atom is -0.361 e. The molecule has 0 aliphatic rings. The number of aromatic nitrogens is 2. The number of hydrogen-bond acceptors (Lipinski definition) is 4. The standard InChI is InChI=1S/C6H10N3S/c1-3-9(4-2)6-5-7-8-10-6/h3-4H2,1-2H3. The lowest BCUT2D eigenvalue weighted by atomic mass is 10.5. The Morgan fingerprint density at radius 3 is 2.60 bits per heavy atom. The SMILES string of the molecule is CCN(CC)c1[c]nns1. The molecule has 0 fully saturated rings. The van der Waals surface area contributed by atoms with Crippen molar-refractivity contribution < 1.29 is 0 Å². The lowest BCUT2D eigenvalue weighted by Gasteiger charge is -2.15. The smallest absolute Gasteiger partial charge is 0.153 e. The largest absolute Gasteiger partial charge is 0.361 e. The van der Waals surface area contributed by atoms with Crippen LogP contribution in [0.5, 0.6) is 0 Å². The quantitative estimate of drug-likeness (QED) is 0.658. The fraction of sp³-hybridized carbons (Fsp3) is 0.667. The third-order valence-corrected chi connectivity index (χ3v) is 2.05. The van der Waals surface area contributed by atoms with E-state index >= 15 is 0 Å². The van der Waals surface area contributed by atoms with Crippen molar-refractivity contribution in [2.45, 2.75) is 13.8 Å². The Hall–Kier alpha value is -0.640. The molecule has 1 heterocycles. The summed E-state index contributed by atoms with van der Waals surface area (Å²) in [5, 5.41) is 4.67. The molecule has 4 heteroatoms. The van der Waals surface area contributed by atoms with Gasteiger partial charge in [-0.25, -0.2) is 0 Å². The van der Waals surface area contributed by atoms with Gasteiger partial charge in [0.25, 0.3) is 0 Å². The molecule has 3 nitrogen and oxygen atoms in total. The van der Waals surface area contributed by atoms with E-state index < -0.39 is 0 Å². The van der Waals surface area contributed by atoms with E-state index in [1.54, 1.807) is 0 Å². The summed E-state index contributed by atoms with van der Waals surface area (Å²) in [7, 11) is 0. The second-order valence-corrected chi connectivity index (χ2v) is 2.59. The molecule has 55 valence electrons. The molecule has 0 spiro atoms. The topological polar surface area (TPSA) is 29.0 Å². The number of anilines is 1. The van der Waals surface area contributed by atoms with Crippen molar-refractivity contribution in [3.05, 3.63) is 6.20 Å². The van der Waals surface area contributed by atoms with Gasteiger partial charge in [0, 0.05) is 24.6 Å². The van der Waals surface area contributed by atoms with E-state index in [-0.39, 0.29) is 0 Å². The van der Waals surface area contributed by atoms with Crippen LogP contribution in [0.15, 0.2) is 0 Å². The van der Waals surface area contributed by atoms with Gasteiger partial charge < -0.3 is 4.90 Å². The lowest BCUT2D eigenvalue weighted by molar-refractivity contribution is 0.873. The van der Waals surface area contributed by atoms with Gasteiger partial charge in [-0.15, -0.1) is 5.10 Å². The Kier molecular flexibility index (Phi) is 2.62. The van der Waals surface area contributed by atoms with Crippen LogP contribution in [-0.4, -0.2) is 22.7 Å². The highest BCUT2D eigenvalue weighted by Crippen LogP contribution is 2.14. The molecule has 0 aliphatic carbocycles. The molecular formula is C6H10N3S. The van der Waals surface area contributed by atoms with Crippen LogP contribution in [0.2, 0.25) is 0 Å². The van der Waals surface area contributed by atoms with Gasteiger partial charge in [-0.3, -0.25) is 0 Å².